The molecule has 1 aromatic carbocycles. The van der Waals surface area contributed by atoms with E-state index in [-0.39, 0.29) is 11.9 Å². The SMILES string of the molecule is CN1Cc2cc(Cl)ccc2-n2c(nnc2C2CCC(c3cccnc3F)CC2)C1. The lowest BCUT2D eigenvalue weighted by Gasteiger charge is -2.28. The normalized spacial score (nSPS) is 22.0. The van der Waals surface area contributed by atoms with Crippen LogP contribution in [0.15, 0.2) is 36.5 Å². The van der Waals surface area contributed by atoms with Gasteiger partial charge in [0.15, 0.2) is 5.82 Å². The Hall–Kier alpha value is -2.31. The van der Waals surface area contributed by atoms with Gasteiger partial charge < -0.3 is 0 Å². The van der Waals surface area contributed by atoms with Crippen molar-refractivity contribution in [2.24, 2.45) is 0 Å². The summed E-state index contributed by atoms with van der Waals surface area (Å²) in [4.78, 5) is 6.05. The van der Waals surface area contributed by atoms with Crippen molar-refractivity contribution in [1.82, 2.24) is 24.6 Å². The number of aromatic nitrogens is 4. The standard InChI is InChI=1S/C22H23ClFN5/c1-28-12-16-11-17(23)8-9-19(16)29-20(13-28)26-27-22(29)15-6-4-14(5-7-15)18-3-2-10-25-21(18)24/h2-3,8-11,14-15H,4-7,12-13H2,1H3. The van der Waals surface area contributed by atoms with E-state index >= 15 is 0 Å². The van der Waals surface area contributed by atoms with Gasteiger partial charge in [-0.05, 0) is 68.5 Å². The third-order valence-electron chi connectivity index (χ3n) is 6.21. The highest BCUT2D eigenvalue weighted by Gasteiger charge is 2.31. The molecule has 5 nitrogen and oxygen atoms in total. The number of pyridine rings is 1. The Morgan fingerprint density at radius 3 is 2.62 bits per heavy atom. The fourth-order valence-electron chi connectivity index (χ4n) is 4.81. The zero-order valence-electron chi connectivity index (χ0n) is 16.4. The van der Waals surface area contributed by atoms with Crippen molar-refractivity contribution in [2.45, 2.75) is 50.6 Å². The molecule has 7 heteroatoms. The zero-order chi connectivity index (χ0) is 20.0. The predicted octanol–water partition coefficient (Wildman–Crippen LogP) is 4.84. The van der Waals surface area contributed by atoms with Gasteiger partial charge in [-0.1, -0.05) is 17.7 Å². The van der Waals surface area contributed by atoms with Gasteiger partial charge in [0.05, 0.1) is 12.2 Å². The number of hydrogen-bond acceptors (Lipinski definition) is 4. The van der Waals surface area contributed by atoms with E-state index in [1.54, 1.807) is 0 Å². The summed E-state index contributed by atoms with van der Waals surface area (Å²) >= 11 is 6.26. The Kier molecular flexibility index (Phi) is 4.84. The van der Waals surface area contributed by atoms with E-state index < -0.39 is 0 Å². The van der Waals surface area contributed by atoms with Gasteiger partial charge in [0.25, 0.3) is 0 Å². The van der Waals surface area contributed by atoms with Gasteiger partial charge in [0, 0.05) is 29.2 Å². The third-order valence-corrected chi connectivity index (χ3v) is 6.44. The summed E-state index contributed by atoms with van der Waals surface area (Å²) in [5.41, 5.74) is 3.05. The van der Waals surface area contributed by atoms with Crippen LogP contribution in [-0.4, -0.2) is 31.7 Å². The van der Waals surface area contributed by atoms with E-state index in [9.17, 15) is 4.39 Å². The molecule has 1 saturated carbocycles. The summed E-state index contributed by atoms with van der Waals surface area (Å²) < 4.78 is 16.3. The van der Waals surface area contributed by atoms with Crippen LogP contribution in [0, 0.1) is 5.95 Å². The van der Waals surface area contributed by atoms with Crippen molar-refractivity contribution in [3.05, 3.63) is 70.3 Å². The fraction of sp³-hybridized carbons (Fsp3) is 0.409. The lowest BCUT2D eigenvalue weighted by molar-refractivity contribution is 0.315. The van der Waals surface area contributed by atoms with Gasteiger partial charge >= 0.3 is 0 Å². The third kappa shape index (κ3) is 3.45. The summed E-state index contributed by atoms with van der Waals surface area (Å²) in [5, 5.41) is 9.87. The molecule has 0 spiro atoms. The number of benzene rings is 1. The minimum Gasteiger partial charge on any atom is -0.295 e. The van der Waals surface area contributed by atoms with Crippen molar-refractivity contribution in [2.75, 3.05) is 7.05 Å². The predicted molar refractivity (Wildman–Crippen MR) is 110 cm³/mol. The molecule has 0 atom stereocenters. The molecule has 0 N–H and O–H groups in total. The first kappa shape index (κ1) is 18.7. The monoisotopic (exact) mass is 411 g/mol. The minimum absolute atomic E-state index is 0.226. The van der Waals surface area contributed by atoms with Crippen molar-refractivity contribution in [1.29, 1.82) is 0 Å². The maximum Gasteiger partial charge on any atom is 0.216 e. The number of fused-ring (bicyclic) bond motifs is 3. The Morgan fingerprint density at radius 2 is 1.83 bits per heavy atom. The first-order valence-corrected chi connectivity index (χ1v) is 10.5. The maximum absolute atomic E-state index is 14.1. The number of rotatable bonds is 2. The average Bonchev–Trinajstić information content (AvgIpc) is 3.06. The van der Waals surface area contributed by atoms with Crippen LogP contribution in [0.3, 0.4) is 0 Å². The van der Waals surface area contributed by atoms with Crippen LogP contribution < -0.4 is 0 Å². The molecule has 1 aliphatic carbocycles. The Labute approximate surface area is 174 Å². The molecule has 29 heavy (non-hydrogen) atoms. The molecule has 1 aliphatic heterocycles. The molecule has 5 rings (SSSR count). The lowest BCUT2D eigenvalue weighted by atomic mass is 9.78. The highest BCUT2D eigenvalue weighted by atomic mass is 35.5. The van der Waals surface area contributed by atoms with Crippen molar-refractivity contribution in [3.8, 4) is 5.69 Å². The summed E-state index contributed by atoms with van der Waals surface area (Å²) in [5.74, 6) is 2.19. The quantitative estimate of drug-likeness (QED) is 0.566. The molecule has 0 amide bonds. The number of hydrogen-bond donors (Lipinski definition) is 0. The molecular formula is C22H23ClFN5. The zero-order valence-corrected chi connectivity index (χ0v) is 17.1. The Bertz CT molecular complexity index is 1040. The second-order valence-electron chi connectivity index (χ2n) is 8.19. The van der Waals surface area contributed by atoms with Gasteiger partial charge in [-0.25, -0.2) is 4.98 Å². The summed E-state index contributed by atoms with van der Waals surface area (Å²) in [6.45, 7) is 1.57. The highest BCUT2D eigenvalue weighted by Crippen LogP contribution is 2.41. The summed E-state index contributed by atoms with van der Waals surface area (Å²) in [7, 11) is 2.09. The lowest BCUT2D eigenvalue weighted by Crippen LogP contribution is -2.18. The van der Waals surface area contributed by atoms with E-state index in [1.165, 1.54) is 11.8 Å². The molecule has 150 valence electrons. The Balaban J connectivity index is 1.45. The van der Waals surface area contributed by atoms with E-state index in [1.807, 2.05) is 24.3 Å². The first-order chi connectivity index (χ1) is 14.1. The largest absolute Gasteiger partial charge is 0.295 e. The molecule has 3 aromatic rings. The maximum atomic E-state index is 14.1. The van der Waals surface area contributed by atoms with Crippen LogP contribution in [-0.2, 0) is 13.1 Å². The summed E-state index contributed by atoms with van der Waals surface area (Å²) in [6, 6.07) is 9.73. The smallest absolute Gasteiger partial charge is 0.216 e. The minimum atomic E-state index is -0.332. The molecule has 0 bridgehead atoms. The molecule has 1 fully saturated rings. The highest BCUT2D eigenvalue weighted by molar-refractivity contribution is 6.30. The van der Waals surface area contributed by atoms with Gasteiger partial charge in [0.2, 0.25) is 5.95 Å². The summed E-state index contributed by atoms with van der Waals surface area (Å²) in [6.07, 6.45) is 5.31. The van der Waals surface area contributed by atoms with Crippen molar-refractivity contribution >= 4 is 11.6 Å². The van der Waals surface area contributed by atoms with Crippen LogP contribution in [0.5, 0.6) is 0 Å². The van der Waals surface area contributed by atoms with E-state index in [0.717, 1.165) is 66.7 Å². The van der Waals surface area contributed by atoms with Crippen LogP contribution in [0.2, 0.25) is 5.02 Å². The molecular weight excluding hydrogens is 389 g/mol. The van der Waals surface area contributed by atoms with Gasteiger partial charge in [-0.3, -0.25) is 9.47 Å². The topological polar surface area (TPSA) is 46.8 Å². The fourth-order valence-corrected chi connectivity index (χ4v) is 5.01. The molecule has 3 heterocycles. The van der Waals surface area contributed by atoms with E-state index in [0.29, 0.717) is 5.92 Å². The number of nitrogens with zero attached hydrogens (tertiary/aromatic N) is 5. The van der Waals surface area contributed by atoms with Gasteiger partial charge in [-0.2, -0.15) is 4.39 Å². The molecule has 2 aromatic heterocycles. The van der Waals surface area contributed by atoms with Crippen LogP contribution in [0.4, 0.5) is 4.39 Å². The van der Waals surface area contributed by atoms with Crippen LogP contribution in [0.1, 0.15) is 60.3 Å². The number of halogens is 2. The van der Waals surface area contributed by atoms with Crippen LogP contribution >= 0.6 is 11.6 Å². The second-order valence-corrected chi connectivity index (χ2v) is 8.62. The van der Waals surface area contributed by atoms with Gasteiger partial charge in [-0.15, -0.1) is 10.2 Å². The molecule has 2 aliphatic rings. The molecule has 0 unspecified atom stereocenters. The van der Waals surface area contributed by atoms with Gasteiger partial charge in [0.1, 0.15) is 5.82 Å². The van der Waals surface area contributed by atoms with E-state index in [4.69, 9.17) is 11.6 Å². The first-order valence-electron chi connectivity index (χ1n) is 10.1. The van der Waals surface area contributed by atoms with Crippen molar-refractivity contribution < 1.29 is 4.39 Å². The van der Waals surface area contributed by atoms with Crippen molar-refractivity contribution in [3.63, 3.8) is 0 Å². The molecule has 0 saturated heterocycles. The average molecular weight is 412 g/mol. The Morgan fingerprint density at radius 1 is 1.03 bits per heavy atom. The molecule has 0 radical (unpaired) electrons. The van der Waals surface area contributed by atoms with Crippen LogP contribution in [0.25, 0.3) is 5.69 Å². The van der Waals surface area contributed by atoms with E-state index in [2.05, 4.69) is 37.8 Å². The second kappa shape index (κ2) is 7.50.